The second-order valence-electron chi connectivity index (χ2n) is 7.83. The Hall–Kier alpha value is -3.55. The Balaban J connectivity index is 1.59. The van der Waals surface area contributed by atoms with Gasteiger partial charge in [-0.05, 0) is 29.8 Å². The molecule has 0 radical (unpaired) electrons. The molecule has 30 heavy (non-hydrogen) atoms. The van der Waals surface area contributed by atoms with Crippen molar-refractivity contribution in [2.75, 3.05) is 10.6 Å². The summed E-state index contributed by atoms with van der Waals surface area (Å²) in [6, 6.07) is 10.9. The summed E-state index contributed by atoms with van der Waals surface area (Å²) in [5.41, 5.74) is 0.612. The lowest BCUT2D eigenvalue weighted by atomic mass is 9.93. The zero-order valence-corrected chi connectivity index (χ0v) is 16.8. The van der Waals surface area contributed by atoms with Crippen LogP contribution in [0.25, 0.3) is 0 Å². The topological polar surface area (TPSA) is 84.2 Å². The van der Waals surface area contributed by atoms with Gasteiger partial charge in [-0.3, -0.25) is 9.59 Å². The number of hydrogen-bond donors (Lipinski definition) is 2. The fourth-order valence-corrected chi connectivity index (χ4v) is 2.62. The fraction of sp³-hybridized carbons (Fsp3) is 0.227. The summed E-state index contributed by atoms with van der Waals surface area (Å²) in [6.45, 7) is 5.92. The highest BCUT2D eigenvalue weighted by Crippen LogP contribution is 2.24. The molecule has 2 amide bonds. The average molecular weight is 413 g/mol. The number of rotatable bonds is 5. The van der Waals surface area contributed by atoms with E-state index in [4.69, 9.17) is 4.52 Å². The second kappa shape index (κ2) is 8.44. The molecule has 8 heteroatoms. The number of hydrogen-bond acceptors (Lipinski definition) is 4. The van der Waals surface area contributed by atoms with Gasteiger partial charge in [0.2, 0.25) is 5.91 Å². The molecule has 2 N–H and O–H groups in total. The third kappa shape index (κ3) is 5.28. The minimum absolute atomic E-state index is 0.0756. The molecule has 6 nitrogen and oxygen atoms in total. The third-order valence-corrected chi connectivity index (χ3v) is 4.28. The van der Waals surface area contributed by atoms with E-state index >= 15 is 0 Å². The summed E-state index contributed by atoms with van der Waals surface area (Å²) < 4.78 is 31.9. The molecule has 0 saturated heterocycles. The van der Waals surface area contributed by atoms with E-state index in [1.54, 1.807) is 18.2 Å². The zero-order valence-electron chi connectivity index (χ0n) is 16.8. The van der Waals surface area contributed by atoms with E-state index in [1.165, 1.54) is 12.1 Å². The van der Waals surface area contributed by atoms with E-state index in [2.05, 4.69) is 15.8 Å². The molecule has 0 spiro atoms. The number of anilines is 2. The number of amides is 2. The van der Waals surface area contributed by atoms with Crippen LogP contribution in [0.15, 0.2) is 53.1 Å². The SMILES string of the molecule is CC(C)(C)c1cc(NC(=O)Cc2ccc(C(=O)Nc3ccc(F)cc3F)cc2)no1. The smallest absolute Gasteiger partial charge is 0.255 e. The van der Waals surface area contributed by atoms with E-state index in [0.29, 0.717) is 23.2 Å². The van der Waals surface area contributed by atoms with Crippen LogP contribution in [-0.4, -0.2) is 17.0 Å². The van der Waals surface area contributed by atoms with E-state index in [0.717, 1.165) is 12.1 Å². The van der Waals surface area contributed by atoms with Crippen molar-refractivity contribution in [3.05, 3.63) is 77.1 Å². The Morgan fingerprint density at radius 3 is 2.30 bits per heavy atom. The van der Waals surface area contributed by atoms with Gasteiger partial charge in [-0.25, -0.2) is 8.78 Å². The summed E-state index contributed by atoms with van der Waals surface area (Å²) in [7, 11) is 0. The fourth-order valence-electron chi connectivity index (χ4n) is 2.62. The van der Waals surface area contributed by atoms with Gasteiger partial charge in [0.05, 0.1) is 12.1 Å². The number of halogens is 2. The van der Waals surface area contributed by atoms with Crippen molar-refractivity contribution >= 4 is 23.3 Å². The normalized spacial score (nSPS) is 11.2. The van der Waals surface area contributed by atoms with Gasteiger partial charge in [-0.1, -0.05) is 38.1 Å². The van der Waals surface area contributed by atoms with Gasteiger partial charge in [0, 0.05) is 23.1 Å². The molecule has 0 bridgehead atoms. The van der Waals surface area contributed by atoms with Crippen LogP contribution in [-0.2, 0) is 16.6 Å². The number of nitrogens with zero attached hydrogens (tertiary/aromatic N) is 1. The standard InChI is InChI=1S/C22H21F2N3O3/c1-22(2,3)18-12-19(27-30-18)26-20(28)10-13-4-6-14(7-5-13)21(29)25-17-9-8-15(23)11-16(17)24/h4-9,11-12H,10H2,1-3H3,(H,25,29)(H,26,27,28). The highest BCUT2D eigenvalue weighted by Gasteiger charge is 2.20. The Bertz CT molecular complexity index is 1070. The van der Waals surface area contributed by atoms with E-state index in [9.17, 15) is 18.4 Å². The first-order valence-corrected chi connectivity index (χ1v) is 9.24. The van der Waals surface area contributed by atoms with Crippen molar-refractivity contribution in [3.8, 4) is 0 Å². The van der Waals surface area contributed by atoms with Crippen LogP contribution in [0.3, 0.4) is 0 Å². The highest BCUT2D eigenvalue weighted by atomic mass is 19.1. The van der Waals surface area contributed by atoms with Crippen LogP contribution in [0, 0.1) is 11.6 Å². The summed E-state index contributed by atoms with van der Waals surface area (Å²) in [4.78, 5) is 24.5. The van der Waals surface area contributed by atoms with Crippen molar-refractivity contribution in [2.45, 2.75) is 32.6 Å². The summed E-state index contributed by atoms with van der Waals surface area (Å²) in [5, 5.41) is 8.89. The van der Waals surface area contributed by atoms with E-state index in [-0.39, 0.29) is 29.0 Å². The van der Waals surface area contributed by atoms with Crippen molar-refractivity contribution in [1.29, 1.82) is 0 Å². The molecule has 0 atom stereocenters. The first-order chi connectivity index (χ1) is 14.1. The van der Waals surface area contributed by atoms with Gasteiger partial charge in [-0.15, -0.1) is 0 Å². The van der Waals surface area contributed by atoms with Gasteiger partial charge < -0.3 is 15.2 Å². The molecule has 0 saturated carbocycles. The predicted octanol–water partition coefficient (Wildman–Crippen LogP) is 4.68. The molecule has 0 unspecified atom stereocenters. The lowest BCUT2D eigenvalue weighted by Crippen LogP contribution is -2.15. The van der Waals surface area contributed by atoms with Crippen LogP contribution in [0.1, 0.15) is 42.5 Å². The van der Waals surface area contributed by atoms with Crippen LogP contribution in [0.4, 0.5) is 20.3 Å². The summed E-state index contributed by atoms with van der Waals surface area (Å²) in [5.74, 6) is -1.43. The molecule has 3 aromatic rings. The van der Waals surface area contributed by atoms with Gasteiger partial charge in [0.25, 0.3) is 5.91 Å². The summed E-state index contributed by atoms with van der Waals surface area (Å²) in [6.07, 6.45) is 0.0756. The first kappa shape index (κ1) is 21.2. The van der Waals surface area contributed by atoms with Crippen molar-refractivity contribution in [2.24, 2.45) is 0 Å². The van der Waals surface area contributed by atoms with Crippen molar-refractivity contribution in [1.82, 2.24) is 5.16 Å². The van der Waals surface area contributed by atoms with Crippen molar-refractivity contribution in [3.63, 3.8) is 0 Å². The van der Waals surface area contributed by atoms with Crippen LogP contribution >= 0.6 is 0 Å². The quantitative estimate of drug-likeness (QED) is 0.636. The maximum atomic E-state index is 13.7. The number of carbonyl (C=O) groups excluding carboxylic acids is 2. The molecule has 156 valence electrons. The largest absolute Gasteiger partial charge is 0.359 e. The Morgan fingerprint density at radius 1 is 1.00 bits per heavy atom. The van der Waals surface area contributed by atoms with Gasteiger partial charge in [-0.2, -0.15) is 0 Å². The summed E-state index contributed by atoms with van der Waals surface area (Å²) >= 11 is 0. The molecule has 0 aliphatic carbocycles. The molecule has 0 aliphatic heterocycles. The highest BCUT2D eigenvalue weighted by molar-refractivity contribution is 6.04. The molecule has 2 aromatic carbocycles. The Kier molecular flexibility index (Phi) is 5.96. The maximum absolute atomic E-state index is 13.7. The molecule has 0 fully saturated rings. The van der Waals surface area contributed by atoms with Gasteiger partial charge >= 0.3 is 0 Å². The van der Waals surface area contributed by atoms with Crippen LogP contribution in [0.2, 0.25) is 0 Å². The Labute approximate surface area is 172 Å². The number of aromatic nitrogens is 1. The Morgan fingerprint density at radius 2 is 1.70 bits per heavy atom. The lowest BCUT2D eigenvalue weighted by Gasteiger charge is -2.12. The second-order valence-corrected chi connectivity index (χ2v) is 7.83. The molecular formula is C22H21F2N3O3. The zero-order chi connectivity index (χ0) is 21.9. The molecule has 0 aliphatic rings. The maximum Gasteiger partial charge on any atom is 0.255 e. The number of nitrogens with one attached hydrogen (secondary N) is 2. The first-order valence-electron chi connectivity index (χ1n) is 9.24. The van der Waals surface area contributed by atoms with Crippen LogP contribution < -0.4 is 10.6 Å². The molecule has 1 heterocycles. The minimum Gasteiger partial charge on any atom is -0.359 e. The predicted molar refractivity (Wildman–Crippen MR) is 108 cm³/mol. The van der Waals surface area contributed by atoms with Gasteiger partial charge in [0.1, 0.15) is 17.4 Å². The number of benzene rings is 2. The average Bonchev–Trinajstić information content (AvgIpc) is 3.13. The lowest BCUT2D eigenvalue weighted by molar-refractivity contribution is -0.115. The number of carbonyl (C=O) groups is 2. The molecule has 3 rings (SSSR count). The van der Waals surface area contributed by atoms with E-state index < -0.39 is 17.5 Å². The molecule has 1 aromatic heterocycles. The monoisotopic (exact) mass is 413 g/mol. The minimum atomic E-state index is -0.862. The van der Waals surface area contributed by atoms with E-state index in [1.807, 2.05) is 20.8 Å². The van der Waals surface area contributed by atoms with Crippen LogP contribution in [0.5, 0.6) is 0 Å². The van der Waals surface area contributed by atoms with Crippen molar-refractivity contribution < 1.29 is 22.9 Å². The molecular weight excluding hydrogens is 392 g/mol. The third-order valence-electron chi connectivity index (χ3n) is 4.28. The van der Waals surface area contributed by atoms with Gasteiger partial charge in [0.15, 0.2) is 5.82 Å².